The van der Waals surface area contributed by atoms with Crippen LogP contribution in [0.2, 0.25) is 5.02 Å². The van der Waals surface area contributed by atoms with E-state index in [1.165, 1.54) is 4.90 Å². The molecule has 3 heterocycles. The third-order valence-corrected chi connectivity index (χ3v) is 9.16. The van der Waals surface area contributed by atoms with Gasteiger partial charge in [-0.05, 0) is 56.4 Å². The van der Waals surface area contributed by atoms with Crippen LogP contribution in [0.15, 0.2) is 29.4 Å². The molecule has 4 fully saturated rings. The van der Waals surface area contributed by atoms with E-state index in [4.69, 9.17) is 11.6 Å². The Labute approximate surface area is 235 Å². The molecule has 0 aromatic heterocycles. The van der Waals surface area contributed by atoms with Crippen LogP contribution in [0.25, 0.3) is 0 Å². The summed E-state index contributed by atoms with van der Waals surface area (Å²) in [5.74, 6) is -7.20. The summed E-state index contributed by atoms with van der Waals surface area (Å²) in [6.07, 6.45) is 1.27. The van der Waals surface area contributed by atoms with Crippen LogP contribution in [0, 0.1) is 18.8 Å². The standard InChI is InChI=1S/C26H32ClF3N4O5S/c1-14-19(27)4-3-5-20(14)32-13-22(35)34-17-6-7-18(26(29,30)12-17)23(34)25(37)33-16(11-21(28)40(2,38)39)10-15-8-9-31-24(15)36/h3-5,11,15-18,23,32H,6-10,12-13H2,1-2H3,(H,31,36)(H,33,37)/b21-11-/t15-,16+,17-,18-,23+/m1/s1. The van der Waals surface area contributed by atoms with Crippen molar-refractivity contribution in [2.75, 3.05) is 24.7 Å². The maximum atomic E-state index is 15.0. The van der Waals surface area contributed by atoms with E-state index in [1.54, 1.807) is 25.1 Å². The SMILES string of the molecule is Cc1c(Cl)cccc1NCC(=O)N1[C@@H]2CC[C@H]([C@H]1C(=O)N[C@H](/C=C(/F)S(C)(=O)=O)C[C@H]1CCNC1=O)C(F)(F)C2. The van der Waals surface area contributed by atoms with E-state index in [-0.39, 0.29) is 25.3 Å². The van der Waals surface area contributed by atoms with E-state index in [1.807, 2.05) is 0 Å². The lowest BCUT2D eigenvalue weighted by Crippen LogP contribution is -2.69. The van der Waals surface area contributed by atoms with Crippen LogP contribution < -0.4 is 16.0 Å². The van der Waals surface area contributed by atoms with Gasteiger partial charge in [-0.3, -0.25) is 14.4 Å². The minimum atomic E-state index is -4.26. The molecular weight excluding hydrogens is 573 g/mol. The summed E-state index contributed by atoms with van der Waals surface area (Å²) >= 11 is 6.14. The summed E-state index contributed by atoms with van der Waals surface area (Å²) in [6, 6.07) is 1.34. The normalized spacial score (nSPS) is 26.8. The van der Waals surface area contributed by atoms with Crippen LogP contribution in [-0.4, -0.2) is 74.4 Å². The first kappa shape index (κ1) is 30.2. The van der Waals surface area contributed by atoms with Crippen molar-refractivity contribution in [3.63, 3.8) is 0 Å². The predicted molar refractivity (Wildman–Crippen MR) is 143 cm³/mol. The first-order valence-corrected chi connectivity index (χ1v) is 15.3. The number of alkyl halides is 2. The van der Waals surface area contributed by atoms with E-state index in [2.05, 4.69) is 16.0 Å². The number of rotatable bonds is 9. The maximum absolute atomic E-state index is 15.0. The van der Waals surface area contributed by atoms with E-state index in [0.29, 0.717) is 48.0 Å². The Morgan fingerprint density at radius 2 is 2.00 bits per heavy atom. The van der Waals surface area contributed by atoms with Crippen molar-refractivity contribution in [3.8, 4) is 0 Å². The molecule has 0 radical (unpaired) electrons. The number of anilines is 1. The Morgan fingerprint density at radius 1 is 1.27 bits per heavy atom. The lowest BCUT2D eigenvalue weighted by molar-refractivity contribution is -0.193. The van der Waals surface area contributed by atoms with Crippen LogP contribution in [0.5, 0.6) is 0 Å². The molecule has 14 heteroatoms. The van der Waals surface area contributed by atoms with Gasteiger partial charge in [0.1, 0.15) is 6.04 Å². The smallest absolute Gasteiger partial charge is 0.255 e. The highest BCUT2D eigenvalue weighted by Crippen LogP contribution is 2.49. The molecule has 220 valence electrons. The summed E-state index contributed by atoms with van der Waals surface area (Å²) in [4.78, 5) is 40.3. The Balaban J connectivity index is 1.59. The van der Waals surface area contributed by atoms with Gasteiger partial charge >= 0.3 is 0 Å². The van der Waals surface area contributed by atoms with Crippen LogP contribution in [0.1, 0.15) is 37.7 Å². The van der Waals surface area contributed by atoms with Gasteiger partial charge < -0.3 is 20.9 Å². The van der Waals surface area contributed by atoms with Gasteiger partial charge in [-0.15, -0.1) is 0 Å². The molecule has 40 heavy (non-hydrogen) atoms. The Kier molecular flexibility index (Phi) is 8.74. The van der Waals surface area contributed by atoms with Crippen LogP contribution in [0.4, 0.5) is 18.9 Å². The molecule has 1 aliphatic carbocycles. The quantitative estimate of drug-likeness (QED) is 0.398. The molecule has 0 unspecified atom stereocenters. The molecule has 3 N–H and O–H groups in total. The lowest BCUT2D eigenvalue weighted by Gasteiger charge is -2.53. The van der Waals surface area contributed by atoms with Gasteiger partial charge in [0, 0.05) is 41.9 Å². The first-order chi connectivity index (χ1) is 18.7. The number of amides is 3. The fourth-order valence-corrected chi connectivity index (χ4v) is 6.41. The number of nitrogens with zero attached hydrogens (tertiary/aromatic N) is 1. The Bertz CT molecular complexity index is 1330. The minimum Gasteiger partial charge on any atom is -0.376 e. The van der Waals surface area contributed by atoms with Crippen LogP contribution >= 0.6 is 11.6 Å². The molecule has 4 aliphatic rings. The number of nitrogens with one attached hydrogen (secondary N) is 3. The summed E-state index contributed by atoms with van der Waals surface area (Å²) in [7, 11) is -4.26. The topological polar surface area (TPSA) is 125 Å². The molecule has 9 nitrogen and oxygen atoms in total. The molecular formula is C26H32ClF3N4O5S. The molecule has 3 amide bonds. The zero-order chi connectivity index (χ0) is 29.4. The zero-order valence-electron chi connectivity index (χ0n) is 22.1. The number of carbonyl (C=O) groups excluding carboxylic acids is 3. The number of fused-ring (bicyclic) bond motifs is 3. The summed E-state index contributed by atoms with van der Waals surface area (Å²) < 4.78 is 67.9. The lowest BCUT2D eigenvalue weighted by atomic mass is 9.71. The third-order valence-electron chi connectivity index (χ3n) is 7.91. The highest BCUT2D eigenvalue weighted by molar-refractivity contribution is 7.94. The van der Waals surface area contributed by atoms with Crippen molar-refractivity contribution >= 4 is 44.8 Å². The average Bonchev–Trinajstić information content (AvgIpc) is 3.27. The largest absolute Gasteiger partial charge is 0.376 e. The van der Waals surface area contributed by atoms with Gasteiger partial charge in [-0.1, -0.05) is 17.7 Å². The number of piperidine rings is 2. The fourth-order valence-electron chi connectivity index (χ4n) is 5.82. The first-order valence-electron chi connectivity index (χ1n) is 13.0. The van der Waals surface area contributed by atoms with Crippen molar-refractivity contribution in [3.05, 3.63) is 40.0 Å². The van der Waals surface area contributed by atoms with Gasteiger partial charge in [0.25, 0.3) is 5.92 Å². The van der Waals surface area contributed by atoms with Crippen LogP contribution in [-0.2, 0) is 24.2 Å². The highest BCUT2D eigenvalue weighted by atomic mass is 35.5. The maximum Gasteiger partial charge on any atom is 0.255 e. The van der Waals surface area contributed by atoms with Crippen molar-refractivity contribution in [1.29, 1.82) is 0 Å². The van der Waals surface area contributed by atoms with Crippen molar-refractivity contribution in [2.24, 2.45) is 11.8 Å². The van der Waals surface area contributed by atoms with Crippen molar-refractivity contribution in [1.82, 2.24) is 15.5 Å². The summed E-state index contributed by atoms with van der Waals surface area (Å²) in [5, 5.41) is 7.01. The van der Waals surface area contributed by atoms with Gasteiger partial charge in [-0.2, -0.15) is 4.39 Å². The average molecular weight is 605 g/mol. The minimum absolute atomic E-state index is 0.00357. The number of sulfone groups is 1. The molecule has 1 aromatic carbocycles. The molecule has 5 rings (SSSR count). The Hall–Kier alpha value is -2.80. The molecule has 2 bridgehead atoms. The van der Waals surface area contributed by atoms with E-state index in [0.717, 1.165) is 0 Å². The Morgan fingerprint density at radius 3 is 2.62 bits per heavy atom. The molecule has 0 spiro atoms. The van der Waals surface area contributed by atoms with Gasteiger partial charge in [-0.25, -0.2) is 17.2 Å². The highest BCUT2D eigenvalue weighted by Gasteiger charge is 2.60. The van der Waals surface area contributed by atoms with Gasteiger partial charge in [0.15, 0.2) is 0 Å². The van der Waals surface area contributed by atoms with Gasteiger partial charge in [0.05, 0.1) is 18.5 Å². The van der Waals surface area contributed by atoms with Gasteiger partial charge in [0.2, 0.25) is 32.7 Å². The molecule has 3 aliphatic heterocycles. The second-order valence-corrected chi connectivity index (χ2v) is 13.0. The zero-order valence-corrected chi connectivity index (χ0v) is 23.6. The molecule has 1 saturated carbocycles. The van der Waals surface area contributed by atoms with Crippen molar-refractivity contribution in [2.45, 2.75) is 63.1 Å². The summed E-state index contributed by atoms with van der Waals surface area (Å²) in [6.45, 7) is 1.83. The predicted octanol–water partition coefficient (Wildman–Crippen LogP) is 2.94. The monoisotopic (exact) mass is 604 g/mol. The second-order valence-electron chi connectivity index (χ2n) is 10.7. The second kappa shape index (κ2) is 11.6. The third kappa shape index (κ3) is 6.40. The fraction of sp³-hybridized carbons (Fsp3) is 0.577. The van der Waals surface area contributed by atoms with E-state index >= 15 is 8.78 Å². The number of hydrogen-bond acceptors (Lipinski definition) is 6. The number of halogens is 4. The summed E-state index contributed by atoms with van der Waals surface area (Å²) in [5.41, 5.74) is 1.27. The van der Waals surface area contributed by atoms with E-state index in [9.17, 15) is 27.2 Å². The van der Waals surface area contributed by atoms with Crippen molar-refractivity contribution < 1.29 is 36.0 Å². The number of benzene rings is 1. The van der Waals surface area contributed by atoms with E-state index < -0.39 is 69.1 Å². The number of carbonyl (C=O) groups is 3. The van der Waals surface area contributed by atoms with Crippen LogP contribution in [0.3, 0.4) is 0 Å². The molecule has 5 atom stereocenters. The molecule has 3 saturated heterocycles. The number of hydrogen-bond donors (Lipinski definition) is 3. The molecule has 1 aromatic rings.